The van der Waals surface area contributed by atoms with E-state index in [1.807, 2.05) is 0 Å². The molecule has 88 valence electrons. The number of hydrogen-bond donors (Lipinski definition) is 0. The van der Waals surface area contributed by atoms with Gasteiger partial charge in [0.2, 0.25) is 0 Å². The standard InChI is InChI=1S/C15H22O/c1-10(2)13-9-14(16)12(4)15(13)7-5-11(3)6-8-15/h5,10,13H,4,6-9H2,1-3H3. The van der Waals surface area contributed by atoms with Gasteiger partial charge < -0.3 is 0 Å². The maximum Gasteiger partial charge on any atom is 0.159 e. The van der Waals surface area contributed by atoms with E-state index in [4.69, 9.17) is 0 Å². The number of rotatable bonds is 1. The molecule has 2 unspecified atom stereocenters. The van der Waals surface area contributed by atoms with Crippen LogP contribution < -0.4 is 0 Å². The van der Waals surface area contributed by atoms with E-state index in [0.29, 0.717) is 17.6 Å². The Balaban J connectivity index is 2.36. The molecule has 0 radical (unpaired) electrons. The van der Waals surface area contributed by atoms with Crippen LogP contribution in [0.15, 0.2) is 23.8 Å². The number of Topliss-reactive ketones (excluding diaryl/α,β-unsaturated/α-hetero) is 1. The molecule has 1 spiro atoms. The van der Waals surface area contributed by atoms with Crippen molar-refractivity contribution in [2.75, 3.05) is 0 Å². The maximum atomic E-state index is 11.9. The maximum absolute atomic E-state index is 11.9. The quantitative estimate of drug-likeness (QED) is 0.482. The zero-order valence-corrected chi connectivity index (χ0v) is 10.7. The van der Waals surface area contributed by atoms with E-state index in [2.05, 4.69) is 33.4 Å². The fourth-order valence-corrected chi connectivity index (χ4v) is 3.49. The fraction of sp³-hybridized carbons (Fsp3) is 0.667. The topological polar surface area (TPSA) is 17.1 Å². The van der Waals surface area contributed by atoms with Gasteiger partial charge in [-0.2, -0.15) is 0 Å². The summed E-state index contributed by atoms with van der Waals surface area (Å²) < 4.78 is 0. The van der Waals surface area contributed by atoms with Crippen LogP contribution >= 0.6 is 0 Å². The van der Waals surface area contributed by atoms with Gasteiger partial charge in [-0.05, 0) is 43.6 Å². The average molecular weight is 218 g/mol. The van der Waals surface area contributed by atoms with Gasteiger partial charge in [0, 0.05) is 11.8 Å². The second-order valence-corrected chi connectivity index (χ2v) is 5.87. The van der Waals surface area contributed by atoms with E-state index in [9.17, 15) is 4.79 Å². The molecule has 16 heavy (non-hydrogen) atoms. The van der Waals surface area contributed by atoms with Gasteiger partial charge in [0.25, 0.3) is 0 Å². The molecule has 1 nitrogen and oxygen atoms in total. The van der Waals surface area contributed by atoms with Crippen molar-refractivity contribution in [2.45, 2.75) is 46.5 Å². The van der Waals surface area contributed by atoms with E-state index in [1.165, 1.54) is 5.57 Å². The summed E-state index contributed by atoms with van der Waals surface area (Å²) >= 11 is 0. The van der Waals surface area contributed by atoms with Gasteiger partial charge in [0.1, 0.15) is 0 Å². The fourth-order valence-electron chi connectivity index (χ4n) is 3.49. The van der Waals surface area contributed by atoms with Crippen molar-refractivity contribution in [3.05, 3.63) is 23.8 Å². The van der Waals surface area contributed by atoms with Crippen LogP contribution in [0.3, 0.4) is 0 Å². The molecule has 0 heterocycles. The van der Waals surface area contributed by atoms with E-state index >= 15 is 0 Å². The van der Waals surface area contributed by atoms with Crippen molar-refractivity contribution in [1.29, 1.82) is 0 Å². The molecule has 1 saturated carbocycles. The van der Waals surface area contributed by atoms with Crippen LogP contribution in [-0.4, -0.2) is 5.78 Å². The van der Waals surface area contributed by atoms with Gasteiger partial charge in [-0.15, -0.1) is 0 Å². The van der Waals surface area contributed by atoms with Gasteiger partial charge in [-0.3, -0.25) is 4.79 Å². The lowest BCUT2D eigenvalue weighted by Gasteiger charge is -2.40. The van der Waals surface area contributed by atoms with Crippen LogP contribution in [-0.2, 0) is 4.79 Å². The van der Waals surface area contributed by atoms with E-state index in [-0.39, 0.29) is 5.41 Å². The lowest BCUT2D eigenvalue weighted by Crippen LogP contribution is -2.32. The molecule has 0 aliphatic heterocycles. The summed E-state index contributed by atoms with van der Waals surface area (Å²) in [6.45, 7) is 10.8. The molecule has 0 amide bonds. The highest BCUT2D eigenvalue weighted by atomic mass is 16.1. The second kappa shape index (κ2) is 3.87. The molecule has 0 aromatic carbocycles. The van der Waals surface area contributed by atoms with Crippen LogP contribution in [0.1, 0.15) is 46.5 Å². The minimum absolute atomic E-state index is 0.102. The largest absolute Gasteiger partial charge is 0.295 e. The number of ketones is 1. The Morgan fingerprint density at radius 2 is 2.19 bits per heavy atom. The zero-order chi connectivity index (χ0) is 11.9. The monoisotopic (exact) mass is 218 g/mol. The molecule has 0 aromatic heterocycles. The number of carbonyl (C=O) groups excluding carboxylic acids is 1. The third-order valence-corrected chi connectivity index (χ3v) is 4.64. The number of allylic oxidation sites excluding steroid dienone is 3. The van der Waals surface area contributed by atoms with Crippen molar-refractivity contribution in [3.8, 4) is 0 Å². The Bertz CT molecular complexity index is 362. The molecule has 0 saturated heterocycles. The van der Waals surface area contributed by atoms with Crippen LogP contribution in [0.2, 0.25) is 0 Å². The highest BCUT2D eigenvalue weighted by Crippen LogP contribution is 2.55. The molecule has 0 aromatic rings. The smallest absolute Gasteiger partial charge is 0.159 e. The summed E-state index contributed by atoms with van der Waals surface area (Å²) in [5, 5.41) is 0. The van der Waals surface area contributed by atoms with Gasteiger partial charge in [0.05, 0.1) is 0 Å². The minimum atomic E-state index is 0.102. The molecular formula is C15H22O. The molecule has 0 N–H and O–H groups in total. The third-order valence-electron chi connectivity index (χ3n) is 4.64. The summed E-state index contributed by atoms with van der Waals surface area (Å²) in [6, 6.07) is 0. The van der Waals surface area contributed by atoms with Crippen LogP contribution in [0, 0.1) is 17.3 Å². The van der Waals surface area contributed by atoms with Crippen molar-refractivity contribution >= 4 is 5.78 Å². The van der Waals surface area contributed by atoms with Gasteiger partial charge >= 0.3 is 0 Å². The average Bonchev–Trinajstić information content (AvgIpc) is 2.48. The van der Waals surface area contributed by atoms with Crippen molar-refractivity contribution < 1.29 is 4.79 Å². The predicted octanol–water partition coefficient (Wildman–Crippen LogP) is 3.90. The first-order chi connectivity index (χ1) is 7.47. The van der Waals surface area contributed by atoms with Crippen LogP contribution in [0.25, 0.3) is 0 Å². The number of carbonyl (C=O) groups is 1. The summed E-state index contributed by atoms with van der Waals surface area (Å²) in [5.74, 6) is 1.40. The summed E-state index contributed by atoms with van der Waals surface area (Å²) in [4.78, 5) is 11.9. The molecule has 2 aliphatic rings. The van der Waals surface area contributed by atoms with Crippen LogP contribution in [0.5, 0.6) is 0 Å². The Morgan fingerprint density at radius 1 is 1.50 bits per heavy atom. The lowest BCUT2D eigenvalue weighted by atomic mass is 9.63. The van der Waals surface area contributed by atoms with Gasteiger partial charge in [-0.1, -0.05) is 32.1 Å². The lowest BCUT2D eigenvalue weighted by molar-refractivity contribution is -0.115. The van der Waals surface area contributed by atoms with Crippen LogP contribution in [0.4, 0.5) is 0 Å². The van der Waals surface area contributed by atoms with Gasteiger partial charge in [0.15, 0.2) is 5.78 Å². The summed E-state index contributed by atoms with van der Waals surface area (Å²) in [7, 11) is 0. The number of hydrogen-bond acceptors (Lipinski definition) is 1. The first kappa shape index (κ1) is 11.6. The Morgan fingerprint density at radius 3 is 2.69 bits per heavy atom. The third kappa shape index (κ3) is 1.57. The zero-order valence-electron chi connectivity index (χ0n) is 10.7. The van der Waals surface area contributed by atoms with Crippen molar-refractivity contribution in [3.63, 3.8) is 0 Å². The Labute approximate surface area is 98.6 Å². The first-order valence-corrected chi connectivity index (χ1v) is 6.35. The first-order valence-electron chi connectivity index (χ1n) is 6.35. The molecule has 2 aliphatic carbocycles. The SMILES string of the molecule is C=C1C(=O)CC(C(C)C)C12CC=C(C)CC2. The minimum Gasteiger partial charge on any atom is -0.295 e. The highest BCUT2D eigenvalue weighted by Gasteiger charge is 2.50. The van der Waals surface area contributed by atoms with E-state index in [1.54, 1.807) is 0 Å². The molecular weight excluding hydrogens is 196 g/mol. The van der Waals surface area contributed by atoms with E-state index in [0.717, 1.165) is 31.3 Å². The van der Waals surface area contributed by atoms with Gasteiger partial charge in [-0.25, -0.2) is 0 Å². The molecule has 1 heteroatoms. The van der Waals surface area contributed by atoms with Crippen molar-refractivity contribution in [1.82, 2.24) is 0 Å². The normalized spacial score (nSPS) is 35.0. The summed E-state index contributed by atoms with van der Waals surface area (Å²) in [6.07, 6.45) is 6.34. The summed E-state index contributed by atoms with van der Waals surface area (Å²) in [5.41, 5.74) is 2.49. The molecule has 1 fully saturated rings. The second-order valence-electron chi connectivity index (χ2n) is 5.87. The Hall–Kier alpha value is -0.850. The van der Waals surface area contributed by atoms with Crippen molar-refractivity contribution in [2.24, 2.45) is 17.3 Å². The Kier molecular flexibility index (Phi) is 2.81. The predicted molar refractivity (Wildman–Crippen MR) is 67.1 cm³/mol. The van der Waals surface area contributed by atoms with E-state index < -0.39 is 0 Å². The molecule has 2 atom stereocenters. The molecule has 2 rings (SSSR count). The molecule has 0 bridgehead atoms. The highest BCUT2D eigenvalue weighted by molar-refractivity contribution is 5.99.